The molecule has 2 nitrogen and oxygen atoms in total. The summed E-state index contributed by atoms with van der Waals surface area (Å²) < 4.78 is 1.29. The molecule has 0 spiro atoms. The van der Waals surface area contributed by atoms with Crippen molar-refractivity contribution in [1.29, 1.82) is 0 Å². The van der Waals surface area contributed by atoms with E-state index < -0.39 is 0 Å². The Hall–Kier alpha value is -1.49. The lowest BCUT2D eigenvalue weighted by Crippen LogP contribution is -1.99. The van der Waals surface area contributed by atoms with Gasteiger partial charge in [-0.2, -0.15) is 0 Å². The zero-order chi connectivity index (χ0) is 13.2. The highest BCUT2D eigenvalue weighted by Gasteiger charge is 1.99. The minimum Gasteiger partial charge on any atom is -0.381 e. The molecule has 0 unspecified atom stereocenters. The summed E-state index contributed by atoms with van der Waals surface area (Å²) >= 11 is 2.37. The van der Waals surface area contributed by atoms with Gasteiger partial charge < -0.3 is 10.3 Å². The number of hydrogen-bond acceptors (Lipinski definition) is 1. The molecular weight excluding hydrogens is 347 g/mol. The summed E-state index contributed by atoms with van der Waals surface area (Å²) in [5.74, 6) is 0. The average Bonchev–Trinajstić information content (AvgIpc) is 2.87. The summed E-state index contributed by atoms with van der Waals surface area (Å²) in [4.78, 5) is 3.25. The maximum Gasteiger partial charge on any atom is 0.0457 e. The van der Waals surface area contributed by atoms with Crippen molar-refractivity contribution in [3.8, 4) is 0 Å². The molecule has 0 saturated heterocycles. The van der Waals surface area contributed by atoms with E-state index in [1.807, 2.05) is 6.20 Å². The fourth-order valence-electron chi connectivity index (χ4n) is 2.11. The second kappa shape index (κ2) is 5.25. The molecule has 0 fully saturated rings. The van der Waals surface area contributed by atoms with Gasteiger partial charge in [-0.1, -0.05) is 18.2 Å². The SMILES string of the molecule is Cc1ccc(NCc2ccc3cc[nH]c3c2)cc1I. The number of anilines is 1. The van der Waals surface area contributed by atoms with Gasteiger partial charge in [0.15, 0.2) is 0 Å². The van der Waals surface area contributed by atoms with Crippen molar-refractivity contribution in [3.05, 3.63) is 63.4 Å². The van der Waals surface area contributed by atoms with Crippen LogP contribution in [0, 0.1) is 10.5 Å². The van der Waals surface area contributed by atoms with Crippen molar-refractivity contribution >= 4 is 39.2 Å². The highest BCUT2D eigenvalue weighted by molar-refractivity contribution is 14.1. The Labute approximate surface area is 126 Å². The Morgan fingerprint density at radius 1 is 1.11 bits per heavy atom. The van der Waals surface area contributed by atoms with Crippen molar-refractivity contribution in [1.82, 2.24) is 4.98 Å². The molecule has 0 amide bonds. The number of aromatic amines is 1. The molecule has 2 N–H and O–H groups in total. The second-order valence-electron chi connectivity index (χ2n) is 4.72. The van der Waals surface area contributed by atoms with Crippen LogP contribution in [0.5, 0.6) is 0 Å². The Morgan fingerprint density at radius 3 is 2.84 bits per heavy atom. The number of nitrogens with one attached hydrogen (secondary N) is 2. The zero-order valence-corrected chi connectivity index (χ0v) is 12.9. The number of hydrogen-bond donors (Lipinski definition) is 2. The minimum absolute atomic E-state index is 0.841. The second-order valence-corrected chi connectivity index (χ2v) is 5.88. The molecular formula is C16H15IN2. The molecule has 2 aromatic carbocycles. The highest BCUT2D eigenvalue weighted by atomic mass is 127. The Kier molecular flexibility index (Phi) is 3.46. The van der Waals surface area contributed by atoms with Gasteiger partial charge in [-0.3, -0.25) is 0 Å². The summed E-state index contributed by atoms with van der Waals surface area (Å²) in [5.41, 5.74) is 4.96. The highest BCUT2D eigenvalue weighted by Crippen LogP contribution is 2.19. The first-order valence-corrected chi connectivity index (χ1v) is 7.36. The lowest BCUT2D eigenvalue weighted by atomic mass is 10.1. The van der Waals surface area contributed by atoms with Gasteiger partial charge in [0.1, 0.15) is 0 Å². The lowest BCUT2D eigenvalue weighted by Gasteiger charge is -2.08. The van der Waals surface area contributed by atoms with Crippen LogP contribution in [-0.4, -0.2) is 4.98 Å². The van der Waals surface area contributed by atoms with Crippen molar-refractivity contribution in [2.45, 2.75) is 13.5 Å². The van der Waals surface area contributed by atoms with Crippen LogP contribution in [0.3, 0.4) is 0 Å². The van der Waals surface area contributed by atoms with E-state index >= 15 is 0 Å². The molecule has 1 aromatic heterocycles. The van der Waals surface area contributed by atoms with Gasteiger partial charge in [-0.25, -0.2) is 0 Å². The van der Waals surface area contributed by atoms with E-state index in [9.17, 15) is 0 Å². The van der Waals surface area contributed by atoms with Gasteiger partial charge in [0.05, 0.1) is 0 Å². The van der Waals surface area contributed by atoms with Crippen LogP contribution < -0.4 is 5.32 Å². The van der Waals surface area contributed by atoms with Gasteiger partial charge in [0.2, 0.25) is 0 Å². The fraction of sp³-hybridized carbons (Fsp3) is 0.125. The van der Waals surface area contributed by atoms with Gasteiger partial charge in [-0.05, 0) is 70.3 Å². The first kappa shape index (κ1) is 12.5. The standard InChI is InChI=1S/C16H15IN2/c1-11-2-5-14(9-15(11)17)19-10-12-3-4-13-6-7-18-16(13)8-12/h2-9,18-19H,10H2,1H3. The maximum absolute atomic E-state index is 3.47. The summed E-state index contributed by atoms with van der Waals surface area (Å²) in [6.45, 7) is 2.97. The normalized spacial score (nSPS) is 10.8. The number of aromatic nitrogens is 1. The Morgan fingerprint density at radius 2 is 2.00 bits per heavy atom. The van der Waals surface area contributed by atoms with E-state index in [0.29, 0.717) is 0 Å². The lowest BCUT2D eigenvalue weighted by molar-refractivity contribution is 1.15. The molecule has 0 saturated carbocycles. The van der Waals surface area contributed by atoms with E-state index in [1.54, 1.807) is 0 Å². The molecule has 0 aliphatic rings. The van der Waals surface area contributed by atoms with Crippen LogP contribution in [-0.2, 0) is 6.54 Å². The number of halogens is 1. The van der Waals surface area contributed by atoms with Crippen LogP contribution in [0.25, 0.3) is 10.9 Å². The molecule has 0 aliphatic carbocycles. The van der Waals surface area contributed by atoms with Gasteiger partial charge in [0.25, 0.3) is 0 Å². The summed E-state index contributed by atoms with van der Waals surface area (Å²) in [6, 6.07) is 15.1. The first-order valence-electron chi connectivity index (χ1n) is 6.28. The number of aryl methyl sites for hydroxylation is 1. The summed E-state index contributed by atoms with van der Waals surface area (Å²) in [5, 5.41) is 4.73. The van der Waals surface area contributed by atoms with E-state index in [4.69, 9.17) is 0 Å². The number of fused-ring (bicyclic) bond motifs is 1. The largest absolute Gasteiger partial charge is 0.381 e. The van der Waals surface area contributed by atoms with Crippen LogP contribution in [0.2, 0.25) is 0 Å². The third-order valence-corrected chi connectivity index (χ3v) is 4.45. The van der Waals surface area contributed by atoms with Crippen molar-refractivity contribution in [2.75, 3.05) is 5.32 Å². The molecule has 3 heteroatoms. The molecule has 0 bridgehead atoms. The smallest absolute Gasteiger partial charge is 0.0457 e. The topological polar surface area (TPSA) is 27.8 Å². The molecule has 1 heterocycles. The molecule has 0 atom stereocenters. The van der Waals surface area contributed by atoms with Crippen LogP contribution in [0.15, 0.2) is 48.7 Å². The van der Waals surface area contributed by atoms with Gasteiger partial charge in [0, 0.05) is 27.5 Å². The molecule has 0 radical (unpaired) electrons. The van der Waals surface area contributed by atoms with Crippen LogP contribution in [0.4, 0.5) is 5.69 Å². The van der Waals surface area contributed by atoms with Gasteiger partial charge in [-0.15, -0.1) is 0 Å². The molecule has 3 aromatic rings. The first-order chi connectivity index (χ1) is 9.22. The van der Waals surface area contributed by atoms with Crippen LogP contribution in [0.1, 0.15) is 11.1 Å². The monoisotopic (exact) mass is 362 g/mol. The van der Waals surface area contributed by atoms with Crippen molar-refractivity contribution < 1.29 is 0 Å². The average molecular weight is 362 g/mol. The summed E-state index contributed by atoms with van der Waals surface area (Å²) in [7, 11) is 0. The third kappa shape index (κ3) is 2.76. The third-order valence-electron chi connectivity index (χ3n) is 3.29. The zero-order valence-electron chi connectivity index (χ0n) is 10.7. The van der Waals surface area contributed by atoms with E-state index in [-0.39, 0.29) is 0 Å². The van der Waals surface area contributed by atoms with E-state index in [2.05, 4.69) is 82.3 Å². The van der Waals surface area contributed by atoms with E-state index in [1.165, 1.54) is 31.3 Å². The summed E-state index contributed by atoms with van der Waals surface area (Å²) in [6.07, 6.45) is 1.98. The van der Waals surface area contributed by atoms with Crippen molar-refractivity contribution in [2.24, 2.45) is 0 Å². The number of rotatable bonds is 3. The Bertz CT molecular complexity index is 716. The molecule has 96 valence electrons. The molecule has 19 heavy (non-hydrogen) atoms. The number of benzene rings is 2. The Balaban J connectivity index is 1.75. The maximum atomic E-state index is 3.47. The van der Waals surface area contributed by atoms with Crippen LogP contribution >= 0.6 is 22.6 Å². The fourth-order valence-corrected chi connectivity index (χ4v) is 2.63. The predicted molar refractivity (Wildman–Crippen MR) is 89.5 cm³/mol. The van der Waals surface area contributed by atoms with Crippen molar-refractivity contribution in [3.63, 3.8) is 0 Å². The van der Waals surface area contributed by atoms with E-state index in [0.717, 1.165) is 6.54 Å². The molecule has 0 aliphatic heterocycles. The van der Waals surface area contributed by atoms with Gasteiger partial charge >= 0.3 is 0 Å². The number of H-pyrrole nitrogens is 1. The minimum atomic E-state index is 0.841. The molecule has 3 rings (SSSR count). The quantitative estimate of drug-likeness (QED) is 0.650. The predicted octanol–water partition coefficient (Wildman–Crippen LogP) is 4.69.